The lowest BCUT2D eigenvalue weighted by molar-refractivity contribution is -0.119. The third-order valence-electron chi connectivity index (χ3n) is 1.57. The van der Waals surface area contributed by atoms with Gasteiger partial charge in [-0.2, -0.15) is 0 Å². The average molecular weight is 253 g/mol. The SMILES string of the molecule is CN(C)S(=O)(=O)CCNC(=O)CC(N)=S. The van der Waals surface area contributed by atoms with Crippen molar-refractivity contribution in [2.75, 3.05) is 26.4 Å². The maximum Gasteiger partial charge on any atom is 0.226 e. The Kier molecular flexibility index (Phi) is 5.69. The summed E-state index contributed by atoms with van der Waals surface area (Å²) in [6.07, 6.45) is -0.0582. The Hall–Kier alpha value is -0.730. The van der Waals surface area contributed by atoms with Crippen LogP contribution in [0.25, 0.3) is 0 Å². The van der Waals surface area contributed by atoms with E-state index in [0.29, 0.717) is 0 Å². The molecular formula is C7H15N3O3S2. The van der Waals surface area contributed by atoms with Gasteiger partial charge < -0.3 is 11.1 Å². The fourth-order valence-electron chi connectivity index (χ4n) is 0.723. The van der Waals surface area contributed by atoms with E-state index in [2.05, 4.69) is 17.5 Å². The first kappa shape index (κ1) is 14.3. The molecule has 0 rings (SSSR count). The summed E-state index contributed by atoms with van der Waals surface area (Å²) in [6.45, 7) is 0.0575. The molecule has 1 amide bonds. The van der Waals surface area contributed by atoms with Crippen LogP contribution in [0.2, 0.25) is 0 Å². The minimum atomic E-state index is -3.27. The summed E-state index contributed by atoms with van der Waals surface area (Å²) in [4.78, 5) is 11.1. The predicted octanol–water partition coefficient (Wildman–Crippen LogP) is -1.33. The van der Waals surface area contributed by atoms with Crippen LogP contribution in [-0.4, -0.2) is 50.0 Å². The average Bonchev–Trinajstić information content (AvgIpc) is 2.01. The van der Waals surface area contributed by atoms with E-state index in [-0.39, 0.29) is 29.6 Å². The number of hydrogen-bond acceptors (Lipinski definition) is 4. The molecule has 0 bridgehead atoms. The second-order valence-electron chi connectivity index (χ2n) is 3.09. The second kappa shape index (κ2) is 5.99. The summed E-state index contributed by atoms with van der Waals surface area (Å²) in [5, 5.41) is 2.41. The molecule has 3 N–H and O–H groups in total. The molecule has 0 aromatic carbocycles. The Labute approximate surface area is 94.9 Å². The molecule has 0 radical (unpaired) electrons. The number of carbonyl (C=O) groups excluding carboxylic acids is 1. The first-order valence-electron chi connectivity index (χ1n) is 4.21. The Balaban J connectivity index is 3.91. The molecule has 6 nitrogen and oxygen atoms in total. The van der Waals surface area contributed by atoms with E-state index < -0.39 is 10.0 Å². The molecule has 0 aromatic rings. The molecule has 0 atom stereocenters. The Bertz CT molecular complexity index is 337. The highest BCUT2D eigenvalue weighted by Gasteiger charge is 2.13. The summed E-state index contributed by atoms with van der Waals surface area (Å²) in [5.74, 6) is -0.500. The Morgan fingerprint density at radius 1 is 1.47 bits per heavy atom. The summed E-state index contributed by atoms with van der Waals surface area (Å²) < 4.78 is 23.6. The van der Waals surface area contributed by atoms with Gasteiger partial charge in [-0.25, -0.2) is 12.7 Å². The molecule has 0 saturated heterocycles. The monoisotopic (exact) mass is 253 g/mol. The van der Waals surface area contributed by atoms with E-state index in [1.54, 1.807) is 0 Å². The molecule has 0 aliphatic rings. The minimum Gasteiger partial charge on any atom is -0.393 e. The van der Waals surface area contributed by atoms with E-state index >= 15 is 0 Å². The van der Waals surface area contributed by atoms with Crippen LogP contribution < -0.4 is 11.1 Å². The second-order valence-corrected chi connectivity index (χ2v) is 5.92. The molecule has 0 heterocycles. The van der Waals surface area contributed by atoms with Crippen LogP contribution in [0.15, 0.2) is 0 Å². The van der Waals surface area contributed by atoms with Crippen molar-refractivity contribution in [3.05, 3.63) is 0 Å². The van der Waals surface area contributed by atoms with Gasteiger partial charge in [0, 0.05) is 20.6 Å². The topological polar surface area (TPSA) is 92.5 Å². The number of rotatable bonds is 6. The van der Waals surface area contributed by atoms with Gasteiger partial charge in [-0.1, -0.05) is 12.2 Å². The molecular weight excluding hydrogens is 238 g/mol. The summed E-state index contributed by atoms with van der Waals surface area (Å²) in [7, 11) is -0.394. The maximum atomic E-state index is 11.3. The molecule has 0 aliphatic carbocycles. The van der Waals surface area contributed by atoms with Crippen LogP contribution in [0.5, 0.6) is 0 Å². The van der Waals surface area contributed by atoms with Gasteiger partial charge in [0.15, 0.2) is 0 Å². The van der Waals surface area contributed by atoms with Crippen molar-refractivity contribution in [3.8, 4) is 0 Å². The third kappa shape index (κ3) is 6.37. The number of nitrogens with one attached hydrogen (secondary N) is 1. The predicted molar refractivity (Wildman–Crippen MR) is 61.9 cm³/mol. The molecule has 0 saturated carbocycles. The van der Waals surface area contributed by atoms with Crippen LogP contribution in [0, 0.1) is 0 Å². The van der Waals surface area contributed by atoms with Gasteiger partial charge in [0.25, 0.3) is 0 Å². The molecule has 0 aromatic heterocycles. The fraction of sp³-hybridized carbons (Fsp3) is 0.714. The highest BCUT2D eigenvalue weighted by atomic mass is 32.2. The lowest BCUT2D eigenvalue weighted by Gasteiger charge is -2.11. The van der Waals surface area contributed by atoms with Crippen molar-refractivity contribution < 1.29 is 13.2 Å². The highest BCUT2D eigenvalue weighted by molar-refractivity contribution is 7.89. The summed E-state index contributed by atoms with van der Waals surface area (Å²) in [5.41, 5.74) is 5.14. The standard InChI is InChI=1S/C7H15N3O3S2/c1-10(2)15(12,13)4-3-9-7(11)5-6(8)14/h3-5H2,1-2H3,(H2,8,14)(H,9,11). The highest BCUT2D eigenvalue weighted by Crippen LogP contribution is 1.92. The largest absolute Gasteiger partial charge is 0.393 e. The van der Waals surface area contributed by atoms with E-state index in [0.717, 1.165) is 4.31 Å². The van der Waals surface area contributed by atoms with Gasteiger partial charge in [0.05, 0.1) is 17.2 Å². The zero-order valence-electron chi connectivity index (χ0n) is 8.69. The molecule has 0 unspecified atom stereocenters. The number of thiocarbonyl (C=S) groups is 1. The zero-order valence-corrected chi connectivity index (χ0v) is 10.3. The lowest BCUT2D eigenvalue weighted by Crippen LogP contribution is -2.35. The summed E-state index contributed by atoms with van der Waals surface area (Å²) >= 11 is 4.53. The van der Waals surface area contributed by atoms with E-state index in [4.69, 9.17) is 5.73 Å². The molecule has 0 fully saturated rings. The molecule has 0 aliphatic heterocycles. The van der Waals surface area contributed by atoms with Crippen LogP contribution in [-0.2, 0) is 14.8 Å². The zero-order chi connectivity index (χ0) is 12.1. The van der Waals surface area contributed by atoms with Gasteiger partial charge in [-0.05, 0) is 0 Å². The van der Waals surface area contributed by atoms with Crippen molar-refractivity contribution >= 4 is 33.1 Å². The first-order valence-corrected chi connectivity index (χ1v) is 6.22. The molecule has 88 valence electrons. The van der Waals surface area contributed by atoms with E-state index in [1.165, 1.54) is 14.1 Å². The number of hydrogen-bond donors (Lipinski definition) is 2. The van der Waals surface area contributed by atoms with Crippen molar-refractivity contribution in [1.82, 2.24) is 9.62 Å². The van der Waals surface area contributed by atoms with Gasteiger partial charge >= 0.3 is 0 Å². The van der Waals surface area contributed by atoms with Crippen molar-refractivity contribution in [1.29, 1.82) is 0 Å². The minimum absolute atomic E-state index is 0.0575. The molecule has 8 heteroatoms. The maximum absolute atomic E-state index is 11.3. The smallest absolute Gasteiger partial charge is 0.226 e. The van der Waals surface area contributed by atoms with Crippen LogP contribution in [0.3, 0.4) is 0 Å². The van der Waals surface area contributed by atoms with Crippen molar-refractivity contribution in [2.45, 2.75) is 6.42 Å². The quantitative estimate of drug-likeness (QED) is 0.572. The molecule has 15 heavy (non-hydrogen) atoms. The normalized spacial score (nSPS) is 11.4. The van der Waals surface area contributed by atoms with Gasteiger partial charge in [0.1, 0.15) is 0 Å². The van der Waals surface area contributed by atoms with Crippen LogP contribution in [0.4, 0.5) is 0 Å². The van der Waals surface area contributed by atoms with Crippen LogP contribution in [0.1, 0.15) is 6.42 Å². The van der Waals surface area contributed by atoms with E-state index in [9.17, 15) is 13.2 Å². The van der Waals surface area contributed by atoms with Crippen molar-refractivity contribution in [2.24, 2.45) is 5.73 Å². The van der Waals surface area contributed by atoms with Gasteiger partial charge in [-0.15, -0.1) is 0 Å². The van der Waals surface area contributed by atoms with Crippen molar-refractivity contribution in [3.63, 3.8) is 0 Å². The van der Waals surface area contributed by atoms with Gasteiger partial charge in [-0.3, -0.25) is 4.79 Å². The van der Waals surface area contributed by atoms with Crippen LogP contribution >= 0.6 is 12.2 Å². The summed E-state index contributed by atoms with van der Waals surface area (Å²) in [6, 6.07) is 0. The number of nitrogens with zero attached hydrogens (tertiary/aromatic N) is 1. The number of nitrogens with two attached hydrogens (primary N) is 1. The Morgan fingerprint density at radius 3 is 2.40 bits per heavy atom. The third-order valence-corrected chi connectivity index (χ3v) is 3.55. The number of carbonyl (C=O) groups is 1. The van der Waals surface area contributed by atoms with E-state index in [1.807, 2.05) is 0 Å². The number of amides is 1. The van der Waals surface area contributed by atoms with Gasteiger partial charge in [0.2, 0.25) is 15.9 Å². The first-order chi connectivity index (χ1) is 6.75. The lowest BCUT2D eigenvalue weighted by atomic mass is 10.4. The Morgan fingerprint density at radius 2 is 2.00 bits per heavy atom. The number of sulfonamides is 1. The fourth-order valence-corrected chi connectivity index (χ4v) is 1.58. The molecule has 0 spiro atoms.